The van der Waals surface area contributed by atoms with Gasteiger partial charge in [0.1, 0.15) is 0 Å². The Morgan fingerprint density at radius 1 is 1.09 bits per heavy atom. The molecule has 0 bridgehead atoms. The van der Waals surface area contributed by atoms with Crippen molar-refractivity contribution in [2.45, 2.75) is 51.4 Å². The number of fused-ring (bicyclic) bond motifs is 1. The van der Waals surface area contributed by atoms with Gasteiger partial charge >= 0.3 is 5.97 Å². The predicted octanol–water partition coefficient (Wildman–Crippen LogP) is 1.40. The first-order valence-corrected chi connectivity index (χ1v) is 8.82. The summed E-state index contributed by atoms with van der Waals surface area (Å²) in [6, 6.07) is 0. The molecule has 0 aromatic rings. The molecular weight excluding hydrogens is 296 g/mol. The number of nitrogens with one attached hydrogen (secondary N) is 1. The Hall–Kier alpha value is -1.59. The molecule has 0 spiro atoms. The molecular formula is C17H26N2O4. The number of carboxylic acids is 1. The largest absolute Gasteiger partial charge is 0.481 e. The van der Waals surface area contributed by atoms with Crippen molar-refractivity contribution in [3.05, 3.63) is 0 Å². The van der Waals surface area contributed by atoms with Gasteiger partial charge in [0.2, 0.25) is 11.8 Å². The topological polar surface area (TPSA) is 86.7 Å². The van der Waals surface area contributed by atoms with Gasteiger partial charge in [0.25, 0.3) is 0 Å². The Kier molecular flexibility index (Phi) is 4.60. The molecule has 2 aliphatic carbocycles. The highest BCUT2D eigenvalue weighted by atomic mass is 16.4. The molecule has 1 saturated heterocycles. The van der Waals surface area contributed by atoms with E-state index < -0.39 is 11.4 Å². The van der Waals surface area contributed by atoms with E-state index in [9.17, 15) is 19.5 Å². The highest BCUT2D eigenvalue weighted by Gasteiger charge is 2.55. The monoisotopic (exact) mass is 322 g/mol. The lowest BCUT2D eigenvalue weighted by atomic mass is 9.81. The fourth-order valence-electron chi connectivity index (χ4n) is 4.61. The van der Waals surface area contributed by atoms with Crippen LogP contribution in [0.5, 0.6) is 0 Å². The van der Waals surface area contributed by atoms with Crippen LogP contribution in [0.15, 0.2) is 0 Å². The van der Waals surface area contributed by atoms with Gasteiger partial charge in [-0.3, -0.25) is 14.4 Å². The quantitative estimate of drug-likeness (QED) is 0.819. The number of carbonyl (C=O) groups excluding carboxylic acids is 2. The Morgan fingerprint density at radius 2 is 1.83 bits per heavy atom. The Balaban J connectivity index is 1.51. The third kappa shape index (κ3) is 3.08. The third-order valence-electron chi connectivity index (χ3n) is 6.04. The fourth-order valence-corrected chi connectivity index (χ4v) is 4.61. The lowest BCUT2D eigenvalue weighted by Crippen LogP contribution is -2.43. The molecule has 2 N–H and O–H groups in total. The second-order valence-electron chi connectivity index (χ2n) is 7.38. The predicted molar refractivity (Wildman–Crippen MR) is 83.6 cm³/mol. The number of carboxylic acid groups (broad SMARTS) is 1. The molecule has 2 saturated carbocycles. The Labute approximate surface area is 136 Å². The first kappa shape index (κ1) is 16.3. The summed E-state index contributed by atoms with van der Waals surface area (Å²) in [5.74, 6) is -0.839. The molecule has 1 aliphatic heterocycles. The standard InChI is InChI=1S/C17H26N2O4/c20-14(9-18-15(21)12-5-2-1-3-6-12)19-10-13-7-4-8-17(13,11-19)16(22)23/h12-13H,1-11H2,(H,18,21)(H,22,23)/t13-,17+/m0/s1. The molecule has 3 fully saturated rings. The van der Waals surface area contributed by atoms with Crippen LogP contribution in [0.25, 0.3) is 0 Å². The minimum absolute atomic E-state index is 0.00223. The van der Waals surface area contributed by atoms with Crippen molar-refractivity contribution in [1.82, 2.24) is 10.2 Å². The maximum Gasteiger partial charge on any atom is 0.311 e. The molecule has 0 aromatic heterocycles. The second kappa shape index (κ2) is 6.49. The summed E-state index contributed by atoms with van der Waals surface area (Å²) < 4.78 is 0. The Bertz CT molecular complexity index is 501. The van der Waals surface area contributed by atoms with E-state index >= 15 is 0 Å². The van der Waals surface area contributed by atoms with Crippen molar-refractivity contribution in [2.24, 2.45) is 17.3 Å². The molecule has 3 aliphatic rings. The van der Waals surface area contributed by atoms with Gasteiger partial charge in [0, 0.05) is 19.0 Å². The zero-order chi connectivity index (χ0) is 16.4. The van der Waals surface area contributed by atoms with Gasteiger partial charge in [0.05, 0.1) is 12.0 Å². The fraction of sp³-hybridized carbons (Fsp3) is 0.824. The van der Waals surface area contributed by atoms with E-state index in [-0.39, 0.29) is 30.2 Å². The van der Waals surface area contributed by atoms with E-state index in [1.807, 2.05) is 0 Å². The Morgan fingerprint density at radius 3 is 2.48 bits per heavy atom. The number of amides is 2. The molecule has 2 amide bonds. The van der Waals surface area contributed by atoms with E-state index in [4.69, 9.17) is 0 Å². The van der Waals surface area contributed by atoms with Gasteiger partial charge in [-0.2, -0.15) is 0 Å². The molecule has 6 nitrogen and oxygen atoms in total. The minimum atomic E-state index is -0.776. The zero-order valence-electron chi connectivity index (χ0n) is 13.6. The van der Waals surface area contributed by atoms with Gasteiger partial charge < -0.3 is 15.3 Å². The van der Waals surface area contributed by atoms with Gasteiger partial charge in [-0.25, -0.2) is 0 Å². The molecule has 3 rings (SSSR count). The summed E-state index contributed by atoms with van der Waals surface area (Å²) in [5, 5.41) is 12.3. The summed E-state index contributed by atoms with van der Waals surface area (Å²) >= 11 is 0. The van der Waals surface area contributed by atoms with Gasteiger partial charge in [-0.05, 0) is 31.6 Å². The van der Waals surface area contributed by atoms with Crippen LogP contribution in [-0.2, 0) is 14.4 Å². The van der Waals surface area contributed by atoms with Crippen LogP contribution in [0.2, 0.25) is 0 Å². The van der Waals surface area contributed by atoms with E-state index in [2.05, 4.69) is 5.32 Å². The molecule has 2 atom stereocenters. The minimum Gasteiger partial charge on any atom is -0.481 e. The van der Waals surface area contributed by atoms with E-state index in [1.165, 1.54) is 6.42 Å². The van der Waals surface area contributed by atoms with Gasteiger partial charge in [-0.15, -0.1) is 0 Å². The van der Waals surface area contributed by atoms with E-state index in [1.54, 1.807) is 4.90 Å². The normalized spacial score (nSPS) is 31.0. The first-order valence-electron chi connectivity index (χ1n) is 8.82. The number of aliphatic carboxylic acids is 1. The molecule has 1 heterocycles. The molecule has 0 radical (unpaired) electrons. The summed E-state index contributed by atoms with van der Waals surface area (Å²) in [6.07, 6.45) is 7.64. The van der Waals surface area contributed by atoms with Gasteiger partial charge in [-0.1, -0.05) is 25.7 Å². The van der Waals surface area contributed by atoms with Crippen LogP contribution in [-0.4, -0.2) is 47.4 Å². The first-order chi connectivity index (χ1) is 11.0. The van der Waals surface area contributed by atoms with Crippen LogP contribution >= 0.6 is 0 Å². The number of rotatable bonds is 4. The van der Waals surface area contributed by atoms with Gasteiger partial charge in [0.15, 0.2) is 0 Å². The van der Waals surface area contributed by atoms with E-state index in [0.29, 0.717) is 19.5 Å². The van der Waals surface area contributed by atoms with Crippen molar-refractivity contribution >= 4 is 17.8 Å². The van der Waals surface area contributed by atoms with Crippen LogP contribution in [0.4, 0.5) is 0 Å². The number of hydrogen-bond acceptors (Lipinski definition) is 3. The van der Waals surface area contributed by atoms with Crippen LogP contribution in [0, 0.1) is 17.3 Å². The molecule has 6 heteroatoms. The lowest BCUT2D eigenvalue weighted by molar-refractivity contribution is -0.149. The maximum absolute atomic E-state index is 12.3. The van der Waals surface area contributed by atoms with E-state index in [0.717, 1.165) is 38.5 Å². The van der Waals surface area contributed by atoms with Crippen molar-refractivity contribution in [1.29, 1.82) is 0 Å². The lowest BCUT2D eigenvalue weighted by Gasteiger charge is -2.24. The average molecular weight is 322 g/mol. The third-order valence-corrected chi connectivity index (χ3v) is 6.04. The van der Waals surface area contributed by atoms with Crippen molar-refractivity contribution in [2.75, 3.05) is 19.6 Å². The number of nitrogens with zero attached hydrogens (tertiary/aromatic N) is 1. The van der Waals surface area contributed by atoms with Crippen molar-refractivity contribution in [3.8, 4) is 0 Å². The van der Waals surface area contributed by atoms with Crippen molar-refractivity contribution < 1.29 is 19.5 Å². The van der Waals surface area contributed by atoms with Crippen LogP contribution in [0.1, 0.15) is 51.4 Å². The number of hydrogen-bond donors (Lipinski definition) is 2. The SMILES string of the molecule is O=C(NCC(=O)N1C[C@@H]2CCC[C@@]2(C(=O)O)C1)C1CCCCC1. The van der Waals surface area contributed by atoms with Crippen LogP contribution in [0.3, 0.4) is 0 Å². The molecule has 128 valence electrons. The smallest absolute Gasteiger partial charge is 0.311 e. The second-order valence-corrected chi connectivity index (χ2v) is 7.38. The number of carbonyl (C=O) groups is 3. The number of likely N-dealkylation sites (tertiary alicyclic amines) is 1. The summed E-state index contributed by atoms with van der Waals surface area (Å²) in [5.41, 5.74) is -0.747. The summed E-state index contributed by atoms with van der Waals surface area (Å²) in [7, 11) is 0. The summed E-state index contributed by atoms with van der Waals surface area (Å²) in [4.78, 5) is 37.7. The average Bonchev–Trinajstić information content (AvgIpc) is 3.11. The highest BCUT2D eigenvalue weighted by molar-refractivity contribution is 5.87. The molecule has 0 aromatic carbocycles. The molecule has 0 unspecified atom stereocenters. The highest BCUT2D eigenvalue weighted by Crippen LogP contribution is 2.48. The maximum atomic E-state index is 12.3. The zero-order valence-corrected chi connectivity index (χ0v) is 13.6. The molecule has 23 heavy (non-hydrogen) atoms. The summed E-state index contributed by atoms with van der Waals surface area (Å²) in [6.45, 7) is 0.813. The van der Waals surface area contributed by atoms with Crippen LogP contribution < -0.4 is 5.32 Å². The van der Waals surface area contributed by atoms with Crippen molar-refractivity contribution in [3.63, 3.8) is 0 Å².